The van der Waals surface area contributed by atoms with Crippen molar-refractivity contribution < 1.29 is 23.9 Å². The summed E-state index contributed by atoms with van der Waals surface area (Å²) in [7, 11) is 1.85. The van der Waals surface area contributed by atoms with Crippen molar-refractivity contribution in [3.8, 4) is 5.75 Å². The summed E-state index contributed by atoms with van der Waals surface area (Å²) in [5.41, 5.74) is 8.49. The molecule has 2 aromatic carbocycles. The summed E-state index contributed by atoms with van der Waals surface area (Å²) in [5.74, 6) is -0.235. The van der Waals surface area contributed by atoms with Crippen LogP contribution in [0.4, 0.5) is 4.79 Å². The van der Waals surface area contributed by atoms with E-state index in [0.29, 0.717) is 42.3 Å². The van der Waals surface area contributed by atoms with Crippen molar-refractivity contribution >= 4 is 47.0 Å². The van der Waals surface area contributed by atoms with Crippen LogP contribution in [-0.2, 0) is 23.0 Å². The molecular formula is C27H33ClN4O5. The van der Waals surface area contributed by atoms with E-state index < -0.39 is 12.1 Å². The van der Waals surface area contributed by atoms with Crippen LogP contribution in [0.25, 0.3) is 10.9 Å². The number of amidine groups is 1. The molecule has 0 aliphatic heterocycles. The maximum atomic E-state index is 13.1. The van der Waals surface area contributed by atoms with Crippen molar-refractivity contribution in [3.05, 3.63) is 65.4 Å². The van der Waals surface area contributed by atoms with Crippen LogP contribution in [0.1, 0.15) is 48.2 Å². The molecule has 3 rings (SSSR count). The van der Waals surface area contributed by atoms with Crippen molar-refractivity contribution in [1.82, 2.24) is 9.47 Å². The number of nitrogens with zero attached hydrogens (tertiary/aromatic N) is 2. The van der Waals surface area contributed by atoms with Gasteiger partial charge in [-0.05, 0) is 43.5 Å². The van der Waals surface area contributed by atoms with Gasteiger partial charge in [0.25, 0.3) is 0 Å². The van der Waals surface area contributed by atoms with Crippen molar-refractivity contribution in [2.75, 3.05) is 19.7 Å². The lowest BCUT2D eigenvalue weighted by molar-refractivity contribution is -0.143. The van der Waals surface area contributed by atoms with Crippen LogP contribution >= 0.6 is 12.4 Å². The smallest absolute Gasteiger partial charge is 0.415 e. The zero-order valence-corrected chi connectivity index (χ0v) is 22.1. The summed E-state index contributed by atoms with van der Waals surface area (Å²) in [6.45, 7) is 4.00. The van der Waals surface area contributed by atoms with Gasteiger partial charge >= 0.3 is 12.1 Å². The average molecular weight is 529 g/mol. The van der Waals surface area contributed by atoms with Gasteiger partial charge in [0.05, 0.1) is 6.61 Å². The maximum absolute atomic E-state index is 13.1. The van der Waals surface area contributed by atoms with Gasteiger partial charge in [0.1, 0.15) is 18.1 Å². The molecule has 3 N–H and O–H groups in total. The summed E-state index contributed by atoms with van der Waals surface area (Å²) in [4.78, 5) is 39.0. The zero-order chi connectivity index (χ0) is 26.2. The van der Waals surface area contributed by atoms with Crippen LogP contribution in [0.2, 0.25) is 0 Å². The number of Topliss-reactive ketones (excluding diaryl/α,β-unsaturated/α-hetero) is 1. The number of esters is 1. The van der Waals surface area contributed by atoms with E-state index in [0.717, 1.165) is 11.1 Å². The van der Waals surface area contributed by atoms with Gasteiger partial charge < -0.3 is 19.8 Å². The van der Waals surface area contributed by atoms with Gasteiger partial charge in [0, 0.05) is 48.2 Å². The van der Waals surface area contributed by atoms with Crippen LogP contribution in [0.15, 0.2) is 48.7 Å². The number of amides is 1. The minimum atomic E-state index is -0.651. The third-order valence-corrected chi connectivity index (χ3v) is 5.75. The van der Waals surface area contributed by atoms with E-state index in [4.69, 9.17) is 20.6 Å². The highest BCUT2D eigenvalue weighted by molar-refractivity contribution is 6.08. The molecule has 0 fully saturated rings. The lowest BCUT2D eigenvalue weighted by Crippen LogP contribution is -2.38. The Bertz CT molecular complexity index is 1270. The Hall–Kier alpha value is -3.85. The fraction of sp³-hybridized carbons (Fsp3) is 0.333. The lowest BCUT2D eigenvalue weighted by atomic mass is 10.0. The number of aryl methyl sites for hydroxylation is 2. The number of nitrogens with two attached hydrogens (primary N) is 1. The molecule has 10 heteroatoms. The van der Waals surface area contributed by atoms with E-state index in [-0.39, 0.29) is 42.9 Å². The molecule has 0 unspecified atom stereocenters. The number of benzene rings is 2. The molecule has 0 aliphatic rings. The number of hydrogen-bond acceptors (Lipinski definition) is 6. The maximum Gasteiger partial charge on any atom is 0.415 e. The molecule has 0 saturated carbocycles. The first-order valence-electron chi connectivity index (χ1n) is 11.9. The van der Waals surface area contributed by atoms with Crippen LogP contribution in [0, 0.1) is 5.41 Å². The summed E-state index contributed by atoms with van der Waals surface area (Å²) >= 11 is 0. The highest BCUT2D eigenvalue weighted by Gasteiger charge is 2.21. The number of nitrogen functional groups attached to an aromatic ring is 1. The van der Waals surface area contributed by atoms with E-state index in [1.54, 1.807) is 43.5 Å². The van der Waals surface area contributed by atoms with Crippen LogP contribution in [-0.4, -0.2) is 52.8 Å². The number of fused-ring (bicyclic) bond motifs is 1. The van der Waals surface area contributed by atoms with Gasteiger partial charge in [0.2, 0.25) is 0 Å². The Kier molecular flexibility index (Phi) is 10.7. The fourth-order valence-corrected chi connectivity index (χ4v) is 3.93. The third-order valence-electron chi connectivity index (χ3n) is 5.75. The molecule has 1 amide bonds. The van der Waals surface area contributed by atoms with Gasteiger partial charge in [-0.3, -0.25) is 19.9 Å². The number of hydrogen-bond donors (Lipinski definition) is 2. The Labute approximate surface area is 222 Å². The number of nitrogens with one attached hydrogen (secondary N) is 1. The first-order valence-corrected chi connectivity index (χ1v) is 11.9. The third kappa shape index (κ3) is 7.57. The Morgan fingerprint density at radius 3 is 2.41 bits per heavy atom. The van der Waals surface area contributed by atoms with Crippen LogP contribution in [0.5, 0.6) is 5.75 Å². The molecule has 37 heavy (non-hydrogen) atoms. The number of rotatable bonds is 11. The Morgan fingerprint density at radius 1 is 1.08 bits per heavy atom. The van der Waals surface area contributed by atoms with E-state index in [1.165, 1.54) is 4.90 Å². The summed E-state index contributed by atoms with van der Waals surface area (Å²) in [6, 6.07) is 12.4. The molecule has 1 aromatic heterocycles. The topological polar surface area (TPSA) is 128 Å². The van der Waals surface area contributed by atoms with Crippen molar-refractivity contribution in [2.45, 2.75) is 33.1 Å². The minimum absolute atomic E-state index is 0. The van der Waals surface area contributed by atoms with E-state index in [1.807, 2.05) is 30.7 Å². The molecule has 0 atom stereocenters. The fourth-order valence-electron chi connectivity index (χ4n) is 3.93. The van der Waals surface area contributed by atoms with Gasteiger partial charge in [-0.15, -0.1) is 12.4 Å². The standard InChI is InChI=1S/C27H32N4O5.ClH/c1-4-14-31(17-25(33)35-5-2)27(34)36-20-11-12-23-21(15-20)22(16-30(23)3)24(32)13-8-18-6-9-19(10-7-18)26(28)29;/h6-7,9-12,15-16H,4-5,8,13-14,17H2,1-3H3,(H3,28,29);1H. The number of carbonyl (C=O) groups is 3. The molecule has 1 heterocycles. The molecule has 0 aliphatic carbocycles. The van der Waals surface area contributed by atoms with Crippen molar-refractivity contribution in [1.29, 1.82) is 5.41 Å². The summed E-state index contributed by atoms with van der Waals surface area (Å²) in [6.07, 6.45) is 2.63. The lowest BCUT2D eigenvalue weighted by Gasteiger charge is -2.20. The van der Waals surface area contributed by atoms with E-state index in [9.17, 15) is 14.4 Å². The molecule has 0 radical (unpaired) electrons. The van der Waals surface area contributed by atoms with E-state index >= 15 is 0 Å². The number of ketones is 1. The quantitative estimate of drug-likeness (QED) is 0.163. The Balaban J connectivity index is 0.00000481. The number of carbonyl (C=O) groups excluding carboxylic acids is 3. The highest BCUT2D eigenvalue weighted by atomic mass is 35.5. The predicted molar refractivity (Wildman–Crippen MR) is 145 cm³/mol. The second-order valence-electron chi connectivity index (χ2n) is 8.46. The largest absolute Gasteiger partial charge is 0.465 e. The summed E-state index contributed by atoms with van der Waals surface area (Å²) in [5, 5.41) is 8.17. The molecule has 198 valence electrons. The zero-order valence-electron chi connectivity index (χ0n) is 21.3. The second kappa shape index (κ2) is 13.5. The van der Waals surface area contributed by atoms with Crippen molar-refractivity contribution in [3.63, 3.8) is 0 Å². The van der Waals surface area contributed by atoms with E-state index in [2.05, 4.69) is 0 Å². The predicted octanol–water partition coefficient (Wildman–Crippen LogP) is 4.47. The first-order chi connectivity index (χ1) is 17.2. The Morgan fingerprint density at radius 2 is 1.78 bits per heavy atom. The molecule has 0 saturated heterocycles. The van der Waals surface area contributed by atoms with Gasteiger partial charge in [0.15, 0.2) is 5.78 Å². The van der Waals surface area contributed by atoms with Crippen LogP contribution < -0.4 is 10.5 Å². The van der Waals surface area contributed by atoms with Gasteiger partial charge in [-0.2, -0.15) is 0 Å². The summed E-state index contributed by atoms with van der Waals surface area (Å²) < 4.78 is 12.4. The molecule has 3 aromatic rings. The normalized spacial score (nSPS) is 10.5. The monoisotopic (exact) mass is 528 g/mol. The molecule has 0 spiro atoms. The SMILES string of the molecule is CCCN(CC(=O)OCC)C(=O)Oc1ccc2c(c1)c(C(=O)CCc1ccc(C(=N)N)cc1)cn2C.Cl. The second-order valence-corrected chi connectivity index (χ2v) is 8.46. The highest BCUT2D eigenvalue weighted by Crippen LogP contribution is 2.27. The molecular weight excluding hydrogens is 496 g/mol. The molecule has 0 bridgehead atoms. The van der Waals surface area contributed by atoms with Gasteiger partial charge in [-0.1, -0.05) is 31.2 Å². The first kappa shape index (κ1) is 29.4. The number of ether oxygens (including phenoxy) is 2. The average Bonchev–Trinajstić information content (AvgIpc) is 3.18. The van der Waals surface area contributed by atoms with Gasteiger partial charge in [-0.25, -0.2) is 4.79 Å². The minimum Gasteiger partial charge on any atom is -0.465 e. The number of halogens is 1. The van der Waals surface area contributed by atoms with Crippen molar-refractivity contribution in [2.24, 2.45) is 12.8 Å². The van der Waals surface area contributed by atoms with Crippen LogP contribution in [0.3, 0.4) is 0 Å². The molecule has 9 nitrogen and oxygen atoms in total. The number of aromatic nitrogens is 1.